The Morgan fingerprint density at radius 3 is 2.78 bits per heavy atom. The number of carbonyl (C=O) groups is 2. The van der Waals surface area contributed by atoms with Crippen molar-refractivity contribution in [3.63, 3.8) is 0 Å². The van der Waals surface area contributed by atoms with Crippen LogP contribution in [0.15, 0.2) is 0 Å². The van der Waals surface area contributed by atoms with Crippen molar-refractivity contribution in [1.29, 1.82) is 0 Å². The van der Waals surface area contributed by atoms with Gasteiger partial charge in [-0.25, -0.2) is 0 Å². The van der Waals surface area contributed by atoms with Gasteiger partial charge in [-0.15, -0.1) is 0 Å². The number of hydrogen-bond acceptors (Lipinski definition) is 4. The second-order valence-corrected chi connectivity index (χ2v) is 7.27. The first-order valence-corrected chi connectivity index (χ1v) is 8.64. The number of piperazine rings is 1. The molecule has 0 spiro atoms. The lowest BCUT2D eigenvalue weighted by Gasteiger charge is -2.39. The fourth-order valence-corrected chi connectivity index (χ4v) is 5.06. The molecule has 2 rings (SSSR count). The average molecular weight is 288 g/mol. The number of nitrogens with one attached hydrogen (secondary N) is 1. The van der Waals surface area contributed by atoms with E-state index in [9.17, 15) is 9.59 Å². The van der Waals surface area contributed by atoms with Crippen LogP contribution in [-0.2, 0) is 9.59 Å². The van der Waals surface area contributed by atoms with E-state index < -0.39 is 0 Å². The summed E-state index contributed by atoms with van der Waals surface area (Å²) in [6.07, 6.45) is 0.689. The third-order valence-corrected chi connectivity index (χ3v) is 6.19. The number of nitrogens with zero attached hydrogens (tertiary/aromatic N) is 1. The van der Waals surface area contributed by atoms with Crippen molar-refractivity contribution in [3.05, 3.63) is 0 Å². The Morgan fingerprint density at radius 2 is 2.17 bits per heavy atom. The molecule has 2 heterocycles. The van der Waals surface area contributed by atoms with Crippen molar-refractivity contribution in [2.24, 2.45) is 0 Å². The molecular formula is C12H20N2O2S2. The van der Waals surface area contributed by atoms with Gasteiger partial charge < -0.3 is 10.2 Å². The Kier molecular flexibility index (Phi) is 4.84. The largest absolute Gasteiger partial charge is 0.343 e. The van der Waals surface area contributed by atoms with E-state index in [1.165, 1.54) is 5.75 Å². The normalized spacial score (nSPS) is 33.4. The molecule has 6 heteroatoms. The summed E-state index contributed by atoms with van der Waals surface area (Å²) >= 11 is 3.87. The molecule has 0 saturated carbocycles. The molecule has 0 aliphatic carbocycles. The SMILES string of the molecule is CCC1C(=O)NC(C)C(=O)N1CC1CSCCS1. The van der Waals surface area contributed by atoms with Crippen molar-refractivity contribution >= 4 is 35.3 Å². The number of amides is 2. The minimum Gasteiger partial charge on any atom is -0.343 e. The smallest absolute Gasteiger partial charge is 0.245 e. The Labute approximate surface area is 117 Å². The quantitative estimate of drug-likeness (QED) is 0.840. The van der Waals surface area contributed by atoms with E-state index in [4.69, 9.17) is 0 Å². The van der Waals surface area contributed by atoms with Crippen molar-refractivity contribution in [1.82, 2.24) is 10.2 Å². The van der Waals surface area contributed by atoms with Gasteiger partial charge in [-0.2, -0.15) is 23.5 Å². The summed E-state index contributed by atoms with van der Waals surface area (Å²) in [5, 5.41) is 3.23. The molecule has 1 N–H and O–H groups in total. The molecule has 0 radical (unpaired) electrons. The summed E-state index contributed by atoms with van der Waals surface area (Å²) in [5.41, 5.74) is 0. The first-order chi connectivity index (χ1) is 8.63. The topological polar surface area (TPSA) is 49.4 Å². The van der Waals surface area contributed by atoms with Gasteiger partial charge in [0.2, 0.25) is 11.8 Å². The second-order valence-electron chi connectivity index (χ2n) is 4.71. The van der Waals surface area contributed by atoms with Gasteiger partial charge in [0.15, 0.2) is 0 Å². The van der Waals surface area contributed by atoms with Gasteiger partial charge in [-0.05, 0) is 13.3 Å². The molecule has 2 amide bonds. The van der Waals surface area contributed by atoms with Crippen molar-refractivity contribution in [2.45, 2.75) is 37.6 Å². The first-order valence-electron chi connectivity index (χ1n) is 6.43. The lowest BCUT2D eigenvalue weighted by Crippen LogP contribution is -2.63. The van der Waals surface area contributed by atoms with Crippen molar-refractivity contribution in [2.75, 3.05) is 23.8 Å². The monoisotopic (exact) mass is 288 g/mol. The summed E-state index contributed by atoms with van der Waals surface area (Å²) in [4.78, 5) is 25.9. The van der Waals surface area contributed by atoms with E-state index in [0.717, 1.165) is 11.5 Å². The zero-order valence-electron chi connectivity index (χ0n) is 10.8. The predicted octanol–water partition coefficient (Wildman–Crippen LogP) is 0.961. The highest BCUT2D eigenvalue weighted by Crippen LogP contribution is 2.26. The Balaban J connectivity index is 2.05. The highest BCUT2D eigenvalue weighted by molar-refractivity contribution is 8.06. The van der Waals surface area contributed by atoms with Gasteiger partial charge >= 0.3 is 0 Å². The summed E-state index contributed by atoms with van der Waals surface area (Å²) in [6.45, 7) is 4.44. The van der Waals surface area contributed by atoms with Gasteiger partial charge in [-0.3, -0.25) is 9.59 Å². The van der Waals surface area contributed by atoms with Crippen LogP contribution < -0.4 is 5.32 Å². The number of rotatable bonds is 3. The van der Waals surface area contributed by atoms with Gasteiger partial charge in [0, 0.05) is 29.1 Å². The van der Waals surface area contributed by atoms with Crippen LogP contribution in [0, 0.1) is 0 Å². The fourth-order valence-electron chi connectivity index (χ4n) is 2.40. The number of hydrogen-bond donors (Lipinski definition) is 1. The zero-order valence-corrected chi connectivity index (χ0v) is 12.5. The molecule has 2 aliphatic rings. The zero-order chi connectivity index (χ0) is 13.1. The molecule has 4 nitrogen and oxygen atoms in total. The molecule has 2 saturated heterocycles. The van der Waals surface area contributed by atoms with E-state index in [1.54, 1.807) is 11.8 Å². The summed E-state index contributed by atoms with van der Waals surface area (Å²) in [5.74, 6) is 3.50. The molecule has 0 aromatic heterocycles. The maximum atomic E-state index is 12.2. The average Bonchev–Trinajstić information content (AvgIpc) is 2.37. The van der Waals surface area contributed by atoms with E-state index in [0.29, 0.717) is 18.2 Å². The maximum Gasteiger partial charge on any atom is 0.245 e. The summed E-state index contributed by atoms with van der Waals surface area (Å²) in [6, 6.07) is -0.650. The Hall–Kier alpha value is -0.360. The van der Waals surface area contributed by atoms with Crippen LogP contribution in [-0.4, -0.2) is 57.9 Å². The van der Waals surface area contributed by atoms with Crippen LogP contribution in [0.4, 0.5) is 0 Å². The van der Waals surface area contributed by atoms with Gasteiger partial charge in [0.25, 0.3) is 0 Å². The van der Waals surface area contributed by atoms with E-state index in [-0.39, 0.29) is 23.9 Å². The minimum absolute atomic E-state index is 0.00179. The second kappa shape index (κ2) is 6.19. The predicted molar refractivity (Wildman–Crippen MR) is 77.0 cm³/mol. The van der Waals surface area contributed by atoms with Crippen LogP contribution in [0.25, 0.3) is 0 Å². The van der Waals surface area contributed by atoms with Crippen LogP contribution in [0.3, 0.4) is 0 Å². The fraction of sp³-hybridized carbons (Fsp3) is 0.833. The third-order valence-electron chi connectivity index (χ3n) is 3.36. The van der Waals surface area contributed by atoms with Crippen LogP contribution in [0.2, 0.25) is 0 Å². The minimum atomic E-state index is -0.374. The Bertz CT molecular complexity index is 332. The molecule has 3 atom stereocenters. The maximum absolute atomic E-state index is 12.2. The van der Waals surface area contributed by atoms with Gasteiger partial charge in [0.1, 0.15) is 12.1 Å². The first kappa shape index (κ1) is 14.1. The Morgan fingerprint density at radius 1 is 1.39 bits per heavy atom. The number of carbonyl (C=O) groups excluding carboxylic acids is 2. The molecule has 0 aromatic carbocycles. The van der Waals surface area contributed by atoms with Gasteiger partial charge in [-0.1, -0.05) is 6.92 Å². The lowest BCUT2D eigenvalue weighted by molar-refractivity contribution is -0.148. The highest BCUT2D eigenvalue weighted by atomic mass is 32.2. The van der Waals surface area contributed by atoms with Crippen LogP contribution in [0.5, 0.6) is 0 Å². The molecule has 2 fully saturated rings. The summed E-state index contributed by atoms with van der Waals surface area (Å²) < 4.78 is 0. The highest BCUT2D eigenvalue weighted by Gasteiger charge is 2.38. The van der Waals surface area contributed by atoms with E-state index >= 15 is 0 Å². The lowest BCUT2D eigenvalue weighted by atomic mass is 10.1. The van der Waals surface area contributed by atoms with Crippen LogP contribution in [0.1, 0.15) is 20.3 Å². The third kappa shape index (κ3) is 2.96. The van der Waals surface area contributed by atoms with Crippen LogP contribution >= 0.6 is 23.5 Å². The standard InChI is InChI=1S/C12H20N2O2S2/c1-3-10-11(15)13-8(2)12(16)14(10)6-9-7-17-4-5-18-9/h8-10H,3-7H2,1-2H3,(H,13,15). The molecule has 0 aromatic rings. The molecule has 18 heavy (non-hydrogen) atoms. The van der Waals surface area contributed by atoms with Crippen molar-refractivity contribution < 1.29 is 9.59 Å². The summed E-state index contributed by atoms with van der Waals surface area (Å²) in [7, 11) is 0. The van der Waals surface area contributed by atoms with Gasteiger partial charge in [0.05, 0.1) is 0 Å². The van der Waals surface area contributed by atoms with E-state index in [2.05, 4.69) is 5.32 Å². The van der Waals surface area contributed by atoms with Crippen molar-refractivity contribution in [3.8, 4) is 0 Å². The number of thioether (sulfide) groups is 2. The molecule has 3 unspecified atom stereocenters. The molecule has 2 aliphatic heterocycles. The molecular weight excluding hydrogens is 268 g/mol. The molecule has 102 valence electrons. The van der Waals surface area contributed by atoms with E-state index in [1.807, 2.05) is 30.4 Å². The molecule has 0 bridgehead atoms.